The monoisotopic (exact) mass is 449 g/mol. The summed E-state index contributed by atoms with van der Waals surface area (Å²) in [6.07, 6.45) is 0.866. The largest absolute Gasteiger partial charge is 0.375 e. The van der Waals surface area contributed by atoms with Crippen molar-refractivity contribution in [2.24, 2.45) is 0 Å². The molecular formula is C20H24BrN3O2S. The highest BCUT2D eigenvalue weighted by Crippen LogP contribution is 2.16. The van der Waals surface area contributed by atoms with E-state index in [1.54, 1.807) is 0 Å². The Morgan fingerprint density at radius 2 is 1.78 bits per heavy atom. The molecule has 0 atom stereocenters. The summed E-state index contributed by atoms with van der Waals surface area (Å²) >= 11 is 4.67. The van der Waals surface area contributed by atoms with Crippen LogP contribution in [0.15, 0.2) is 59.1 Å². The number of benzene rings is 2. The second-order valence-corrected chi connectivity index (χ2v) is 7.91. The maximum atomic E-state index is 11.9. The van der Waals surface area contributed by atoms with Crippen LogP contribution in [0.1, 0.15) is 6.42 Å². The molecule has 2 amide bonds. The fourth-order valence-corrected chi connectivity index (χ4v) is 3.45. The Balaban J connectivity index is 1.55. The minimum Gasteiger partial charge on any atom is -0.375 e. The Morgan fingerprint density at radius 3 is 2.52 bits per heavy atom. The van der Waals surface area contributed by atoms with Crippen LogP contribution in [0.25, 0.3) is 0 Å². The van der Waals surface area contributed by atoms with Crippen LogP contribution in [0.4, 0.5) is 11.4 Å². The van der Waals surface area contributed by atoms with Gasteiger partial charge in [0, 0.05) is 36.0 Å². The zero-order chi connectivity index (χ0) is 19.5. The van der Waals surface area contributed by atoms with Crippen LogP contribution < -0.4 is 15.5 Å². The minimum absolute atomic E-state index is 0.0439. The summed E-state index contributed by atoms with van der Waals surface area (Å²) in [7, 11) is 2.04. The molecule has 0 saturated heterocycles. The molecule has 5 nitrogen and oxygen atoms in total. The summed E-state index contributed by atoms with van der Waals surface area (Å²) in [6.45, 7) is 1.49. The van der Waals surface area contributed by atoms with E-state index in [0.29, 0.717) is 6.54 Å². The molecule has 0 bridgehead atoms. The molecule has 0 unspecified atom stereocenters. The van der Waals surface area contributed by atoms with Crippen molar-refractivity contribution in [2.45, 2.75) is 6.42 Å². The lowest BCUT2D eigenvalue weighted by molar-refractivity contribution is -0.118. The molecule has 0 aromatic heterocycles. The average molecular weight is 450 g/mol. The van der Waals surface area contributed by atoms with Crippen molar-refractivity contribution in [1.29, 1.82) is 0 Å². The maximum Gasteiger partial charge on any atom is 0.234 e. The van der Waals surface area contributed by atoms with Gasteiger partial charge in [0.1, 0.15) is 0 Å². The first-order chi connectivity index (χ1) is 13.0. The van der Waals surface area contributed by atoms with Gasteiger partial charge in [0.2, 0.25) is 11.8 Å². The van der Waals surface area contributed by atoms with Gasteiger partial charge in [0.15, 0.2) is 0 Å². The highest BCUT2D eigenvalue weighted by molar-refractivity contribution is 9.10. The van der Waals surface area contributed by atoms with Crippen molar-refractivity contribution < 1.29 is 9.59 Å². The third-order valence-corrected chi connectivity index (χ3v) is 5.19. The van der Waals surface area contributed by atoms with Crippen LogP contribution in [0, 0.1) is 0 Å². The van der Waals surface area contributed by atoms with Crippen molar-refractivity contribution in [3.05, 3.63) is 59.1 Å². The van der Waals surface area contributed by atoms with Gasteiger partial charge in [-0.2, -0.15) is 0 Å². The van der Waals surface area contributed by atoms with E-state index >= 15 is 0 Å². The van der Waals surface area contributed by atoms with Crippen molar-refractivity contribution in [3.8, 4) is 0 Å². The quantitative estimate of drug-likeness (QED) is 0.542. The maximum absolute atomic E-state index is 11.9. The molecule has 0 aliphatic rings. The van der Waals surface area contributed by atoms with Crippen LogP contribution in [0.5, 0.6) is 0 Å². The number of anilines is 2. The molecule has 0 heterocycles. The van der Waals surface area contributed by atoms with Crippen LogP contribution in [-0.4, -0.2) is 43.5 Å². The van der Waals surface area contributed by atoms with Gasteiger partial charge in [-0.15, -0.1) is 11.8 Å². The van der Waals surface area contributed by atoms with E-state index < -0.39 is 0 Å². The van der Waals surface area contributed by atoms with Gasteiger partial charge in [0.25, 0.3) is 0 Å². The summed E-state index contributed by atoms with van der Waals surface area (Å²) < 4.78 is 0.908. The first-order valence-corrected chi connectivity index (χ1v) is 10.7. The van der Waals surface area contributed by atoms with Gasteiger partial charge in [-0.25, -0.2) is 0 Å². The number of nitrogens with one attached hydrogen (secondary N) is 2. The Labute approximate surface area is 173 Å². The molecule has 27 heavy (non-hydrogen) atoms. The van der Waals surface area contributed by atoms with Gasteiger partial charge in [-0.1, -0.05) is 40.2 Å². The van der Waals surface area contributed by atoms with E-state index in [1.165, 1.54) is 11.8 Å². The number of para-hydroxylation sites is 1. The predicted molar refractivity (Wildman–Crippen MR) is 117 cm³/mol. The highest BCUT2D eigenvalue weighted by atomic mass is 79.9. The van der Waals surface area contributed by atoms with Crippen LogP contribution in [0.2, 0.25) is 0 Å². The number of hydrogen-bond acceptors (Lipinski definition) is 4. The van der Waals surface area contributed by atoms with Crippen molar-refractivity contribution in [2.75, 3.05) is 41.9 Å². The van der Waals surface area contributed by atoms with Crippen molar-refractivity contribution >= 4 is 50.9 Å². The van der Waals surface area contributed by atoms with E-state index in [9.17, 15) is 9.59 Å². The zero-order valence-corrected chi connectivity index (χ0v) is 17.7. The number of rotatable bonds is 10. The number of amides is 2. The van der Waals surface area contributed by atoms with Gasteiger partial charge in [-0.05, 0) is 36.8 Å². The van der Waals surface area contributed by atoms with E-state index in [1.807, 2.05) is 49.5 Å². The van der Waals surface area contributed by atoms with E-state index in [2.05, 4.69) is 43.6 Å². The SMILES string of the molecule is CN(CCCNC(=O)CSCC(=O)Nc1cccc(Br)c1)c1ccccc1. The Hall–Kier alpha value is -1.99. The van der Waals surface area contributed by atoms with E-state index in [-0.39, 0.29) is 23.3 Å². The molecule has 0 aliphatic heterocycles. The van der Waals surface area contributed by atoms with Crippen LogP contribution in [-0.2, 0) is 9.59 Å². The van der Waals surface area contributed by atoms with Gasteiger partial charge < -0.3 is 15.5 Å². The standard InChI is InChI=1S/C20H24BrN3O2S/c1-24(18-9-3-2-4-10-18)12-6-11-22-19(25)14-27-15-20(26)23-17-8-5-7-16(21)13-17/h2-5,7-10,13H,6,11-12,14-15H2,1H3,(H,22,25)(H,23,26). The fourth-order valence-electron chi connectivity index (χ4n) is 2.41. The molecule has 144 valence electrons. The number of halogens is 1. The van der Waals surface area contributed by atoms with Crippen molar-refractivity contribution in [1.82, 2.24) is 5.32 Å². The molecule has 2 rings (SSSR count). The smallest absolute Gasteiger partial charge is 0.234 e. The molecule has 0 fully saturated rings. The Bertz CT molecular complexity index is 743. The molecule has 2 aromatic rings. The lowest BCUT2D eigenvalue weighted by Gasteiger charge is -2.19. The van der Waals surface area contributed by atoms with Crippen LogP contribution in [0.3, 0.4) is 0 Å². The number of carbonyl (C=O) groups is 2. The molecule has 7 heteroatoms. The first kappa shape index (κ1) is 21.3. The number of hydrogen-bond donors (Lipinski definition) is 2. The fraction of sp³-hybridized carbons (Fsp3) is 0.300. The highest BCUT2D eigenvalue weighted by Gasteiger charge is 2.06. The van der Waals surface area contributed by atoms with Crippen molar-refractivity contribution in [3.63, 3.8) is 0 Å². The summed E-state index contributed by atoms with van der Waals surface area (Å²) in [4.78, 5) is 25.9. The summed E-state index contributed by atoms with van der Waals surface area (Å²) in [5, 5.41) is 5.71. The first-order valence-electron chi connectivity index (χ1n) is 8.70. The molecule has 2 aromatic carbocycles. The lowest BCUT2D eigenvalue weighted by atomic mass is 10.3. The van der Waals surface area contributed by atoms with Gasteiger partial charge >= 0.3 is 0 Å². The van der Waals surface area contributed by atoms with E-state index in [4.69, 9.17) is 0 Å². The Morgan fingerprint density at radius 1 is 1.04 bits per heavy atom. The zero-order valence-electron chi connectivity index (χ0n) is 15.3. The lowest BCUT2D eigenvalue weighted by Crippen LogP contribution is -2.29. The Kier molecular flexibility index (Phi) is 9.21. The van der Waals surface area contributed by atoms with E-state index in [0.717, 1.165) is 28.8 Å². The minimum atomic E-state index is -0.115. The second-order valence-electron chi connectivity index (χ2n) is 6.01. The second kappa shape index (κ2) is 11.7. The van der Waals surface area contributed by atoms with Gasteiger partial charge in [-0.3, -0.25) is 9.59 Å². The molecule has 0 spiro atoms. The molecule has 2 N–H and O–H groups in total. The van der Waals surface area contributed by atoms with Crippen LogP contribution >= 0.6 is 27.7 Å². The summed E-state index contributed by atoms with van der Waals surface area (Å²) in [5.41, 5.74) is 1.90. The number of thioether (sulfide) groups is 1. The molecular weight excluding hydrogens is 426 g/mol. The summed E-state index contributed by atoms with van der Waals surface area (Å²) in [6, 6.07) is 17.6. The number of carbonyl (C=O) groups excluding carboxylic acids is 2. The third kappa shape index (κ3) is 8.49. The molecule has 0 radical (unpaired) electrons. The predicted octanol–water partition coefficient (Wildman–Crippen LogP) is 3.76. The normalized spacial score (nSPS) is 10.3. The number of nitrogens with zero attached hydrogens (tertiary/aromatic N) is 1. The third-order valence-electron chi connectivity index (χ3n) is 3.76. The average Bonchev–Trinajstić information content (AvgIpc) is 2.66. The summed E-state index contributed by atoms with van der Waals surface area (Å²) in [5.74, 6) is 0.366. The molecule has 0 aliphatic carbocycles. The molecule has 0 saturated carbocycles. The topological polar surface area (TPSA) is 61.4 Å². The van der Waals surface area contributed by atoms with Gasteiger partial charge in [0.05, 0.1) is 11.5 Å².